The van der Waals surface area contributed by atoms with Crippen molar-refractivity contribution in [2.45, 2.75) is 19.4 Å². The highest BCUT2D eigenvalue weighted by molar-refractivity contribution is 5.29. The molecule has 0 atom stereocenters. The first-order valence-corrected chi connectivity index (χ1v) is 9.01. The van der Waals surface area contributed by atoms with E-state index in [1.54, 1.807) is 0 Å². The molecule has 0 aliphatic heterocycles. The molecule has 0 unspecified atom stereocenters. The molecular weight excluding hydrogens is 322 g/mol. The number of nitrogens with two attached hydrogens (primary N) is 1. The minimum absolute atomic E-state index is 0.587. The third-order valence-electron chi connectivity index (χ3n) is 4.19. The van der Waals surface area contributed by atoms with Crippen molar-refractivity contribution in [1.82, 2.24) is 0 Å². The zero-order valence-electron chi connectivity index (χ0n) is 14.9. The van der Waals surface area contributed by atoms with Gasteiger partial charge in [0.1, 0.15) is 18.1 Å². The SMILES string of the molecule is NCCc1ccc(OCCc2ccc(OCc3ccccc3)cc2)cc1. The highest BCUT2D eigenvalue weighted by Gasteiger charge is 1.99. The van der Waals surface area contributed by atoms with Crippen molar-refractivity contribution in [2.24, 2.45) is 5.73 Å². The fraction of sp³-hybridized carbons (Fsp3) is 0.217. The fourth-order valence-electron chi connectivity index (χ4n) is 2.70. The molecule has 0 saturated heterocycles. The van der Waals surface area contributed by atoms with Gasteiger partial charge in [-0.1, -0.05) is 54.6 Å². The monoisotopic (exact) mass is 347 g/mol. The van der Waals surface area contributed by atoms with Crippen molar-refractivity contribution in [3.8, 4) is 11.5 Å². The van der Waals surface area contributed by atoms with Crippen molar-refractivity contribution in [3.05, 3.63) is 95.6 Å². The Balaban J connectivity index is 1.42. The smallest absolute Gasteiger partial charge is 0.119 e. The number of rotatable bonds is 9. The van der Waals surface area contributed by atoms with Gasteiger partial charge < -0.3 is 15.2 Å². The van der Waals surface area contributed by atoms with E-state index in [4.69, 9.17) is 15.2 Å². The molecule has 2 N–H and O–H groups in total. The first kappa shape index (κ1) is 18.0. The van der Waals surface area contributed by atoms with Crippen LogP contribution >= 0.6 is 0 Å². The van der Waals surface area contributed by atoms with Gasteiger partial charge in [-0.3, -0.25) is 0 Å². The number of benzene rings is 3. The van der Waals surface area contributed by atoms with Crippen molar-refractivity contribution in [3.63, 3.8) is 0 Å². The molecule has 0 aromatic heterocycles. The van der Waals surface area contributed by atoms with E-state index in [-0.39, 0.29) is 0 Å². The van der Waals surface area contributed by atoms with E-state index < -0.39 is 0 Å². The Morgan fingerprint density at radius 3 is 1.77 bits per heavy atom. The lowest BCUT2D eigenvalue weighted by Gasteiger charge is -2.09. The second-order valence-corrected chi connectivity index (χ2v) is 6.20. The van der Waals surface area contributed by atoms with Gasteiger partial charge in [0.2, 0.25) is 0 Å². The van der Waals surface area contributed by atoms with Gasteiger partial charge in [-0.05, 0) is 53.9 Å². The van der Waals surface area contributed by atoms with Crippen LogP contribution in [0.2, 0.25) is 0 Å². The van der Waals surface area contributed by atoms with Crippen molar-refractivity contribution < 1.29 is 9.47 Å². The largest absolute Gasteiger partial charge is 0.493 e. The predicted molar refractivity (Wildman–Crippen MR) is 106 cm³/mol. The van der Waals surface area contributed by atoms with Crippen LogP contribution < -0.4 is 15.2 Å². The Bertz CT molecular complexity index is 768. The van der Waals surface area contributed by atoms with E-state index in [1.165, 1.54) is 16.7 Å². The highest BCUT2D eigenvalue weighted by Crippen LogP contribution is 2.16. The van der Waals surface area contributed by atoms with Gasteiger partial charge in [0.25, 0.3) is 0 Å². The lowest BCUT2D eigenvalue weighted by molar-refractivity contribution is 0.305. The molecule has 0 bridgehead atoms. The summed E-state index contributed by atoms with van der Waals surface area (Å²) >= 11 is 0. The number of hydrogen-bond donors (Lipinski definition) is 1. The summed E-state index contributed by atoms with van der Waals surface area (Å²) in [6.45, 7) is 1.91. The zero-order chi connectivity index (χ0) is 18.0. The van der Waals surface area contributed by atoms with Gasteiger partial charge in [0, 0.05) is 6.42 Å². The van der Waals surface area contributed by atoms with E-state index in [1.807, 2.05) is 42.5 Å². The van der Waals surface area contributed by atoms with E-state index in [2.05, 4.69) is 36.4 Å². The maximum atomic E-state index is 5.82. The molecular formula is C23H25NO2. The van der Waals surface area contributed by atoms with Gasteiger partial charge >= 0.3 is 0 Å². The van der Waals surface area contributed by atoms with Crippen LogP contribution in [0.4, 0.5) is 0 Å². The third-order valence-corrected chi connectivity index (χ3v) is 4.19. The average molecular weight is 347 g/mol. The first-order valence-electron chi connectivity index (χ1n) is 9.01. The van der Waals surface area contributed by atoms with Crippen molar-refractivity contribution >= 4 is 0 Å². The third kappa shape index (κ3) is 5.64. The second kappa shape index (κ2) is 9.64. The van der Waals surface area contributed by atoms with Crippen molar-refractivity contribution in [2.75, 3.05) is 13.2 Å². The summed E-state index contributed by atoms with van der Waals surface area (Å²) in [5.74, 6) is 1.78. The Kier molecular flexibility index (Phi) is 6.68. The fourth-order valence-corrected chi connectivity index (χ4v) is 2.70. The Morgan fingerprint density at radius 1 is 0.577 bits per heavy atom. The van der Waals surface area contributed by atoms with Gasteiger partial charge in [0.15, 0.2) is 0 Å². The Hall–Kier alpha value is -2.78. The lowest BCUT2D eigenvalue weighted by atomic mass is 10.1. The molecule has 0 aliphatic carbocycles. The molecule has 3 aromatic carbocycles. The van der Waals surface area contributed by atoms with Crippen LogP contribution in [0.15, 0.2) is 78.9 Å². The predicted octanol–water partition coefficient (Wildman–Crippen LogP) is 4.39. The highest BCUT2D eigenvalue weighted by atomic mass is 16.5. The summed E-state index contributed by atoms with van der Waals surface area (Å²) in [7, 11) is 0. The van der Waals surface area contributed by atoms with E-state index in [9.17, 15) is 0 Å². The number of ether oxygens (including phenoxy) is 2. The molecule has 0 amide bonds. The Labute approximate surface area is 155 Å². The molecule has 3 nitrogen and oxygen atoms in total. The zero-order valence-corrected chi connectivity index (χ0v) is 14.9. The maximum absolute atomic E-state index is 5.82. The molecule has 3 rings (SSSR count). The van der Waals surface area contributed by atoms with E-state index >= 15 is 0 Å². The molecule has 26 heavy (non-hydrogen) atoms. The van der Waals surface area contributed by atoms with Gasteiger partial charge in [-0.25, -0.2) is 0 Å². The first-order chi connectivity index (χ1) is 12.8. The molecule has 134 valence electrons. The minimum Gasteiger partial charge on any atom is -0.493 e. The summed E-state index contributed by atoms with van der Waals surface area (Å²) in [6.07, 6.45) is 1.77. The Morgan fingerprint density at radius 2 is 1.15 bits per heavy atom. The second-order valence-electron chi connectivity index (χ2n) is 6.20. The molecule has 3 aromatic rings. The molecule has 3 heteroatoms. The summed E-state index contributed by atoms with van der Waals surface area (Å²) in [4.78, 5) is 0. The van der Waals surface area contributed by atoms with Crippen LogP contribution in [0.1, 0.15) is 16.7 Å². The normalized spacial score (nSPS) is 10.5. The minimum atomic E-state index is 0.587. The maximum Gasteiger partial charge on any atom is 0.119 e. The molecule has 0 aliphatic rings. The van der Waals surface area contributed by atoms with Crippen LogP contribution in [-0.4, -0.2) is 13.2 Å². The van der Waals surface area contributed by atoms with E-state index in [0.29, 0.717) is 19.8 Å². The number of hydrogen-bond acceptors (Lipinski definition) is 3. The molecule has 0 saturated carbocycles. The standard InChI is InChI=1S/C23H25NO2/c24-16-14-19-6-10-22(11-7-19)25-17-15-20-8-12-23(13-9-20)26-18-21-4-2-1-3-5-21/h1-13H,14-18,24H2. The molecule has 0 radical (unpaired) electrons. The van der Waals surface area contributed by atoms with Crippen LogP contribution in [-0.2, 0) is 19.4 Å². The van der Waals surface area contributed by atoms with Gasteiger partial charge in [-0.2, -0.15) is 0 Å². The van der Waals surface area contributed by atoms with Crippen LogP contribution in [0, 0.1) is 0 Å². The van der Waals surface area contributed by atoms with Crippen LogP contribution in [0.25, 0.3) is 0 Å². The summed E-state index contributed by atoms with van der Waals surface area (Å²) in [5.41, 5.74) is 9.21. The lowest BCUT2D eigenvalue weighted by Crippen LogP contribution is -2.03. The van der Waals surface area contributed by atoms with E-state index in [0.717, 1.165) is 24.3 Å². The topological polar surface area (TPSA) is 44.5 Å². The average Bonchev–Trinajstić information content (AvgIpc) is 2.70. The molecule has 0 heterocycles. The molecule has 0 spiro atoms. The summed E-state index contributed by atoms with van der Waals surface area (Å²) in [5, 5.41) is 0. The quantitative estimate of drug-likeness (QED) is 0.624. The summed E-state index contributed by atoms with van der Waals surface area (Å²) < 4.78 is 11.6. The summed E-state index contributed by atoms with van der Waals surface area (Å²) in [6, 6.07) is 26.5. The van der Waals surface area contributed by atoms with Gasteiger partial charge in [0.05, 0.1) is 6.61 Å². The molecule has 0 fully saturated rings. The van der Waals surface area contributed by atoms with Gasteiger partial charge in [-0.15, -0.1) is 0 Å². The van der Waals surface area contributed by atoms with Crippen LogP contribution in [0.3, 0.4) is 0 Å². The van der Waals surface area contributed by atoms with Crippen molar-refractivity contribution in [1.29, 1.82) is 0 Å². The van der Waals surface area contributed by atoms with Crippen LogP contribution in [0.5, 0.6) is 11.5 Å².